The lowest BCUT2D eigenvalue weighted by molar-refractivity contribution is 0.835. The molecule has 19 heavy (non-hydrogen) atoms. The molecule has 5 nitrogen and oxygen atoms in total. The van der Waals surface area contributed by atoms with E-state index in [2.05, 4.69) is 15.0 Å². The summed E-state index contributed by atoms with van der Waals surface area (Å²) in [6.07, 6.45) is 6.15. The fourth-order valence-electron chi connectivity index (χ4n) is 1.62. The largest absolute Gasteiger partial charge is 0.388 e. The Balaban J connectivity index is 2.02. The highest BCUT2D eigenvalue weighted by atomic mass is 32.1. The van der Waals surface area contributed by atoms with Crippen molar-refractivity contribution in [2.24, 2.45) is 5.73 Å². The molecule has 0 saturated heterocycles. The van der Waals surface area contributed by atoms with Gasteiger partial charge >= 0.3 is 0 Å². The molecule has 0 aromatic carbocycles. The third-order valence-corrected chi connectivity index (χ3v) is 2.93. The van der Waals surface area contributed by atoms with Gasteiger partial charge in [-0.2, -0.15) is 0 Å². The van der Waals surface area contributed by atoms with Gasteiger partial charge in [-0.05, 0) is 30.2 Å². The molecular formula is C13H15N5S. The zero-order valence-electron chi connectivity index (χ0n) is 10.7. The Morgan fingerprint density at radius 1 is 1.26 bits per heavy atom. The summed E-state index contributed by atoms with van der Waals surface area (Å²) < 4.78 is 0. The van der Waals surface area contributed by atoms with Crippen LogP contribution in [-0.2, 0) is 6.42 Å². The van der Waals surface area contributed by atoms with Crippen LogP contribution in [0.5, 0.6) is 0 Å². The van der Waals surface area contributed by atoms with Crippen molar-refractivity contribution in [2.75, 3.05) is 18.5 Å². The normalized spacial score (nSPS) is 10.2. The number of hydrogen-bond acceptors (Lipinski definition) is 5. The maximum absolute atomic E-state index is 5.56. The van der Waals surface area contributed by atoms with Crippen LogP contribution >= 0.6 is 12.2 Å². The molecule has 0 aliphatic rings. The molecule has 0 unspecified atom stereocenters. The van der Waals surface area contributed by atoms with Gasteiger partial charge in [0.25, 0.3) is 0 Å². The van der Waals surface area contributed by atoms with E-state index in [0.717, 1.165) is 13.0 Å². The summed E-state index contributed by atoms with van der Waals surface area (Å²) in [6.45, 7) is 0.810. The summed E-state index contributed by atoms with van der Waals surface area (Å²) in [5.74, 6) is 0.624. The van der Waals surface area contributed by atoms with Gasteiger partial charge in [0.2, 0.25) is 5.95 Å². The average Bonchev–Trinajstić information content (AvgIpc) is 2.46. The van der Waals surface area contributed by atoms with Crippen LogP contribution in [0.3, 0.4) is 0 Å². The molecule has 0 aliphatic carbocycles. The van der Waals surface area contributed by atoms with E-state index in [1.165, 1.54) is 5.56 Å². The van der Waals surface area contributed by atoms with Crippen molar-refractivity contribution < 1.29 is 0 Å². The minimum atomic E-state index is 0.284. The van der Waals surface area contributed by atoms with E-state index in [4.69, 9.17) is 18.0 Å². The SMILES string of the molecule is CN(CCc1ccncc1)c1nccc(C(N)=S)n1. The molecule has 98 valence electrons. The summed E-state index contributed by atoms with van der Waals surface area (Å²) >= 11 is 4.91. The third kappa shape index (κ3) is 3.69. The molecule has 0 atom stereocenters. The molecule has 0 radical (unpaired) electrons. The first kappa shape index (κ1) is 13.4. The van der Waals surface area contributed by atoms with Crippen molar-refractivity contribution in [3.05, 3.63) is 48.0 Å². The van der Waals surface area contributed by atoms with Gasteiger partial charge in [0.15, 0.2) is 0 Å². The van der Waals surface area contributed by atoms with Crippen LogP contribution in [0.15, 0.2) is 36.8 Å². The number of nitrogens with zero attached hydrogens (tertiary/aromatic N) is 4. The van der Waals surface area contributed by atoms with Crippen molar-refractivity contribution in [3.63, 3.8) is 0 Å². The molecule has 0 amide bonds. The Labute approximate surface area is 117 Å². The highest BCUT2D eigenvalue weighted by Gasteiger charge is 2.06. The zero-order valence-corrected chi connectivity index (χ0v) is 11.5. The van der Waals surface area contributed by atoms with Crippen LogP contribution in [0.2, 0.25) is 0 Å². The van der Waals surface area contributed by atoms with Gasteiger partial charge in [0.1, 0.15) is 10.7 Å². The molecule has 2 rings (SSSR count). The predicted molar refractivity (Wildman–Crippen MR) is 79.1 cm³/mol. The van der Waals surface area contributed by atoms with Crippen molar-refractivity contribution in [1.82, 2.24) is 15.0 Å². The highest BCUT2D eigenvalue weighted by Crippen LogP contribution is 2.07. The lowest BCUT2D eigenvalue weighted by Gasteiger charge is -2.17. The monoisotopic (exact) mass is 273 g/mol. The highest BCUT2D eigenvalue weighted by molar-refractivity contribution is 7.80. The smallest absolute Gasteiger partial charge is 0.225 e. The molecule has 2 aromatic rings. The van der Waals surface area contributed by atoms with Gasteiger partial charge in [-0.1, -0.05) is 12.2 Å². The van der Waals surface area contributed by atoms with Gasteiger partial charge in [0, 0.05) is 32.2 Å². The first-order chi connectivity index (χ1) is 9.16. The summed E-state index contributed by atoms with van der Waals surface area (Å²) in [6, 6.07) is 5.71. The van der Waals surface area contributed by atoms with Crippen LogP contribution in [0.1, 0.15) is 11.3 Å². The van der Waals surface area contributed by atoms with E-state index in [9.17, 15) is 0 Å². The summed E-state index contributed by atoms with van der Waals surface area (Å²) in [7, 11) is 1.94. The van der Waals surface area contributed by atoms with Crippen molar-refractivity contribution in [1.29, 1.82) is 0 Å². The Morgan fingerprint density at radius 3 is 2.68 bits per heavy atom. The summed E-state index contributed by atoms with van der Waals surface area (Å²) in [5, 5.41) is 0. The quantitative estimate of drug-likeness (QED) is 0.825. The number of likely N-dealkylation sites (N-methyl/N-ethyl adjacent to an activating group) is 1. The molecule has 2 N–H and O–H groups in total. The van der Waals surface area contributed by atoms with Crippen LogP contribution in [-0.4, -0.2) is 33.5 Å². The number of nitrogens with two attached hydrogens (primary N) is 1. The molecule has 0 bridgehead atoms. The summed E-state index contributed by atoms with van der Waals surface area (Å²) in [4.78, 5) is 14.8. The van der Waals surface area contributed by atoms with E-state index >= 15 is 0 Å². The molecule has 0 aliphatic heterocycles. The Bertz CT molecular complexity index is 558. The number of pyridine rings is 1. The fourth-order valence-corrected chi connectivity index (χ4v) is 1.73. The lowest BCUT2D eigenvalue weighted by Crippen LogP contribution is -2.24. The second kappa shape index (κ2) is 6.19. The van der Waals surface area contributed by atoms with E-state index < -0.39 is 0 Å². The number of thiocarbonyl (C=S) groups is 1. The van der Waals surface area contributed by atoms with E-state index in [1.54, 1.807) is 24.7 Å². The van der Waals surface area contributed by atoms with Crippen LogP contribution < -0.4 is 10.6 Å². The Hall–Kier alpha value is -2.08. The minimum Gasteiger partial charge on any atom is -0.388 e. The predicted octanol–water partition coefficient (Wildman–Crippen LogP) is 1.18. The molecule has 0 saturated carbocycles. The number of hydrogen-bond donors (Lipinski definition) is 1. The topological polar surface area (TPSA) is 67.9 Å². The first-order valence-corrected chi connectivity index (χ1v) is 6.30. The molecular weight excluding hydrogens is 258 g/mol. The third-order valence-electron chi connectivity index (χ3n) is 2.72. The number of rotatable bonds is 5. The fraction of sp³-hybridized carbons (Fsp3) is 0.231. The molecule has 2 heterocycles. The van der Waals surface area contributed by atoms with Gasteiger partial charge < -0.3 is 10.6 Å². The number of anilines is 1. The van der Waals surface area contributed by atoms with Crippen molar-refractivity contribution >= 4 is 23.2 Å². The summed E-state index contributed by atoms with van der Waals surface area (Å²) in [5.41, 5.74) is 7.39. The van der Waals surface area contributed by atoms with Gasteiger partial charge in [0.05, 0.1) is 0 Å². The van der Waals surface area contributed by atoms with Gasteiger partial charge in [-0.3, -0.25) is 4.98 Å². The molecule has 0 fully saturated rings. The van der Waals surface area contributed by atoms with Crippen molar-refractivity contribution in [3.8, 4) is 0 Å². The zero-order chi connectivity index (χ0) is 13.7. The van der Waals surface area contributed by atoms with E-state index in [-0.39, 0.29) is 4.99 Å². The first-order valence-electron chi connectivity index (χ1n) is 5.89. The maximum Gasteiger partial charge on any atom is 0.225 e. The second-order valence-corrected chi connectivity index (χ2v) is 4.57. The lowest BCUT2D eigenvalue weighted by atomic mass is 10.2. The maximum atomic E-state index is 5.56. The molecule has 2 aromatic heterocycles. The van der Waals surface area contributed by atoms with Crippen LogP contribution in [0, 0.1) is 0 Å². The van der Waals surface area contributed by atoms with Crippen LogP contribution in [0.25, 0.3) is 0 Å². The van der Waals surface area contributed by atoms with E-state index in [0.29, 0.717) is 11.6 Å². The molecule has 0 spiro atoms. The van der Waals surface area contributed by atoms with Gasteiger partial charge in [-0.15, -0.1) is 0 Å². The second-order valence-electron chi connectivity index (χ2n) is 4.13. The van der Waals surface area contributed by atoms with Crippen LogP contribution in [0.4, 0.5) is 5.95 Å². The molecule has 6 heteroatoms. The number of aromatic nitrogens is 3. The van der Waals surface area contributed by atoms with Gasteiger partial charge in [-0.25, -0.2) is 9.97 Å². The standard InChI is InChI=1S/C13H15N5S/c1-18(9-5-10-2-6-15-7-3-10)13-16-8-4-11(17-13)12(14)19/h2-4,6-8H,5,9H2,1H3,(H2,14,19). The van der Waals surface area contributed by atoms with E-state index in [1.807, 2.05) is 24.1 Å². The minimum absolute atomic E-state index is 0.284. The Kier molecular flexibility index (Phi) is 4.35. The average molecular weight is 273 g/mol. The Morgan fingerprint density at radius 2 is 2.00 bits per heavy atom. The van der Waals surface area contributed by atoms with Crippen molar-refractivity contribution in [2.45, 2.75) is 6.42 Å².